The van der Waals surface area contributed by atoms with Gasteiger partial charge in [-0.1, -0.05) is 6.42 Å². The van der Waals surface area contributed by atoms with E-state index in [4.69, 9.17) is 5.73 Å². The monoisotopic (exact) mass is 235 g/mol. The smallest absolute Gasteiger partial charge is 0.147 e. The second-order valence-electron chi connectivity index (χ2n) is 5.47. The zero-order valence-electron chi connectivity index (χ0n) is 10.3. The number of nitrogens with two attached hydrogens (primary N) is 1. The van der Waals surface area contributed by atoms with Crippen LogP contribution in [0.2, 0.25) is 0 Å². The van der Waals surface area contributed by atoms with E-state index in [1.807, 2.05) is 6.33 Å². The number of nitrogens with zero attached hydrogens (tertiary/aromatic N) is 4. The van der Waals surface area contributed by atoms with Crippen LogP contribution in [-0.4, -0.2) is 38.8 Å². The molecule has 1 aromatic rings. The van der Waals surface area contributed by atoms with Crippen molar-refractivity contribution in [1.29, 1.82) is 0 Å². The quantitative estimate of drug-likeness (QED) is 0.816. The van der Waals surface area contributed by atoms with Gasteiger partial charge < -0.3 is 10.3 Å². The molecule has 1 fully saturated rings. The van der Waals surface area contributed by atoms with Gasteiger partial charge in [0.05, 0.1) is 6.54 Å². The molecule has 17 heavy (non-hydrogen) atoms. The highest BCUT2D eigenvalue weighted by Crippen LogP contribution is 2.25. The molecule has 0 spiro atoms. The average Bonchev–Trinajstić information content (AvgIpc) is 2.76. The van der Waals surface area contributed by atoms with E-state index in [0.717, 1.165) is 31.4 Å². The Labute approximate surface area is 102 Å². The van der Waals surface area contributed by atoms with Gasteiger partial charge in [0.25, 0.3) is 0 Å². The summed E-state index contributed by atoms with van der Waals surface area (Å²) < 4.78 is 2.16. The Morgan fingerprint density at radius 2 is 2.29 bits per heavy atom. The van der Waals surface area contributed by atoms with Crippen LogP contribution in [0.5, 0.6) is 0 Å². The predicted molar refractivity (Wildman–Crippen MR) is 65.2 cm³/mol. The summed E-state index contributed by atoms with van der Waals surface area (Å²) in [7, 11) is 0. The fraction of sp³-hybridized carbons (Fsp3) is 0.833. The summed E-state index contributed by atoms with van der Waals surface area (Å²) in [5, 5.41) is 8.13. The molecule has 0 amide bonds. The number of hydrogen-bond acceptors (Lipinski definition) is 4. The molecule has 2 N–H and O–H groups in total. The van der Waals surface area contributed by atoms with Crippen LogP contribution in [0.4, 0.5) is 0 Å². The first-order chi connectivity index (χ1) is 8.31. The molecule has 0 radical (unpaired) electrons. The van der Waals surface area contributed by atoms with Crippen molar-refractivity contribution in [3.8, 4) is 0 Å². The van der Waals surface area contributed by atoms with Crippen LogP contribution in [0.15, 0.2) is 6.33 Å². The highest BCUT2D eigenvalue weighted by atomic mass is 15.3. The van der Waals surface area contributed by atoms with Crippen molar-refractivity contribution >= 4 is 0 Å². The summed E-state index contributed by atoms with van der Waals surface area (Å²) in [6.07, 6.45) is 6.89. The molecule has 3 rings (SSSR count). The Bertz CT molecular complexity index is 375. The van der Waals surface area contributed by atoms with Crippen LogP contribution in [0, 0.1) is 5.92 Å². The van der Waals surface area contributed by atoms with Gasteiger partial charge in [-0.15, -0.1) is 10.2 Å². The summed E-state index contributed by atoms with van der Waals surface area (Å²) in [5.41, 5.74) is 6.05. The molecule has 0 saturated heterocycles. The van der Waals surface area contributed by atoms with E-state index >= 15 is 0 Å². The third-order valence-electron chi connectivity index (χ3n) is 4.06. The molecule has 2 unspecified atom stereocenters. The van der Waals surface area contributed by atoms with Gasteiger partial charge in [0.2, 0.25) is 0 Å². The van der Waals surface area contributed by atoms with Crippen LogP contribution >= 0.6 is 0 Å². The Hall–Kier alpha value is -0.940. The SMILES string of the molecule is NC1CCCC(CN2CCn3cnnc3C2)C1. The molecule has 1 saturated carbocycles. The number of rotatable bonds is 2. The fourth-order valence-electron chi connectivity index (χ4n) is 3.14. The molecule has 94 valence electrons. The van der Waals surface area contributed by atoms with E-state index in [1.165, 1.54) is 32.2 Å². The summed E-state index contributed by atoms with van der Waals surface area (Å²) in [5.74, 6) is 1.89. The van der Waals surface area contributed by atoms with Crippen molar-refractivity contribution in [1.82, 2.24) is 19.7 Å². The first kappa shape index (κ1) is 11.2. The lowest BCUT2D eigenvalue weighted by Crippen LogP contribution is -2.39. The molecule has 2 heterocycles. The van der Waals surface area contributed by atoms with Gasteiger partial charge >= 0.3 is 0 Å². The minimum absolute atomic E-state index is 0.433. The highest BCUT2D eigenvalue weighted by Gasteiger charge is 2.24. The fourth-order valence-corrected chi connectivity index (χ4v) is 3.14. The van der Waals surface area contributed by atoms with Crippen LogP contribution in [-0.2, 0) is 13.1 Å². The van der Waals surface area contributed by atoms with Gasteiger partial charge in [0, 0.05) is 25.7 Å². The lowest BCUT2D eigenvalue weighted by atomic mass is 9.86. The van der Waals surface area contributed by atoms with Crippen molar-refractivity contribution in [2.45, 2.75) is 44.8 Å². The molecular formula is C12H21N5. The van der Waals surface area contributed by atoms with E-state index in [9.17, 15) is 0 Å². The molecular weight excluding hydrogens is 214 g/mol. The van der Waals surface area contributed by atoms with Crippen molar-refractivity contribution in [3.05, 3.63) is 12.2 Å². The zero-order chi connectivity index (χ0) is 11.7. The van der Waals surface area contributed by atoms with Gasteiger partial charge in [-0.05, 0) is 25.2 Å². The average molecular weight is 235 g/mol. The summed E-state index contributed by atoms with van der Waals surface area (Å²) >= 11 is 0. The van der Waals surface area contributed by atoms with Gasteiger partial charge in [0.15, 0.2) is 0 Å². The molecule has 0 aromatic carbocycles. The van der Waals surface area contributed by atoms with Gasteiger partial charge in [-0.2, -0.15) is 0 Å². The lowest BCUT2D eigenvalue weighted by Gasteiger charge is -2.33. The molecule has 5 heteroatoms. The summed E-state index contributed by atoms with van der Waals surface area (Å²) in [6.45, 7) is 4.28. The van der Waals surface area contributed by atoms with Crippen molar-refractivity contribution < 1.29 is 0 Å². The minimum Gasteiger partial charge on any atom is -0.328 e. The lowest BCUT2D eigenvalue weighted by molar-refractivity contribution is 0.159. The maximum absolute atomic E-state index is 6.05. The van der Waals surface area contributed by atoms with E-state index < -0.39 is 0 Å². The van der Waals surface area contributed by atoms with Gasteiger partial charge in [-0.3, -0.25) is 4.90 Å². The molecule has 2 atom stereocenters. The highest BCUT2D eigenvalue weighted by molar-refractivity contribution is 4.90. The maximum Gasteiger partial charge on any atom is 0.147 e. The molecule has 2 aliphatic rings. The van der Waals surface area contributed by atoms with Gasteiger partial charge in [-0.25, -0.2) is 0 Å². The Kier molecular flexibility index (Phi) is 3.11. The minimum atomic E-state index is 0.433. The Morgan fingerprint density at radius 3 is 3.18 bits per heavy atom. The molecule has 0 bridgehead atoms. The van der Waals surface area contributed by atoms with Crippen molar-refractivity contribution in [2.24, 2.45) is 11.7 Å². The third-order valence-corrected chi connectivity index (χ3v) is 4.06. The van der Waals surface area contributed by atoms with Crippen LogP contribution < -0.4 is 5.73 Å². The zero-order valence-corrected chi connectivity index (χ0v) is 10.3. The third kappa shape index (κ3) is 2.50. The maximum atomic E-state index is 6.05. The molecule has 1 aromatic heterocycles. The first-order valence-electron chi connectivity index (χ1n) is 6.66. The van der Waals surface area contributed by atoms with E-state index in [1.54, 1.807) is 0 Å². The molecule has 1 aliphatic heterocycles. The van der Waals surface area contributed by atoms with E-state index in [2.05, 4.69) is 19.7 Å². The normalized spacial score (nSPS) is 30.2. The number of fused-ring (bicyclic) bond motifs is 1. The largest absolute Gasteiger partial charge is 0.328 e. The number of aromatic nitrogens is 3. The second kappa shape index (κ2) is 4.74. The van der Waals surface area contributed by atoms with Crippen molar-refractivity contribution in [3.63, 3.8) is 0 Å². The van der Waals surface area contributed by atoms with Crippen LogP contribution in [0.1, 0.15) is 31.5 Å². The number of hydrogen-bond donors (Lipinski definition) is 1. The Balaban J connectivity index is 1.56. The van der Waals surface area contributed by atoms with Crippen LogP contribution in [0.25, 0.3) is 0 Å². The Morgan fingerprint density at radius 1 is 1.35 bits per heavy atom. The van der Waals surface area contributed by atoms with Crippen molar-refractivity contribution in [2.75, 3.05) is 13.1 Å². The topological polar surface area (TPSA) is 60.0 Å². The van der Waals surface area contributed by atoms with Crippen LogP contribution in [0.3, 0.4) is 0 Å². The summed E-state index contributed by atoms with van der Waals surface area (Å²) in [6, 6.07) is 0.433. The molecule has 5 nitrogen and oxygen atoms in total. The second-order valence-corrected chi connectivity index (χ2v) is 5.47. The summed E-state index contributed by atoms with van der Waals surface area (Å²) in [4.78, 5) is 2.51. The predicted octanol–water partition coefficient (Wildman–Crippen LogP) is 0.611. The van der Waals surface area contributed by atoms with E-state index in [-0.39, 0.29) is 0 Å². The standard InChI is InChI=1S/C12H21N5/c13-11-3-1-2-10(6-11)7-16-4-5-17-9-14-15-12(17)8-16/h9-11H,1-8,13H2. The first-order valence-corrected chi connectivity index (χ1v) is 6.66. The molecule has 1 aliphatic carbocycles. The van der Waals surface area contributed by atoms with E-state index in [0.29, 0.717) is 6.04 Å². The van der Waals surface area contributed by atoms with Gasteiger partial charge in [0.1, 0.15) is 12.2 Å².